The van der Waals surface area contributed by atoms with Crippen LogP contribution in [0.2, 0.25) is 0 Å². The van der Waals surface area contributed by atoms with Gasteiger partial charge in [-0.05, 0) is 61.7 Å². The Hall–Kier alpha value is -2.36. The van der Waals surface area contributed by atoms with Crippen LogP contribution in [-0.4, -0.2) is 23.4 Å². The maximum atomic E-state index is 12.8. The summed E-state index contributed by atoms with van der Waals surface area (Å²) in [5.41, 5.74) is 1.59. The topological polar surface area (TPSA) is 29.5 Å². The van der Waals surface area contributed by atoms with E-state index >= 15 is 0 Å². The highest BCUT2D eigenvalue weighted by atomic mass is 19.1. The number of ether oxygens (including phenoxy) is 1. The second-order valence-electron chi connectivity index (χ2n) is 5.93. The van der Waals surface area contributed by atoms with Crippen LogP contribution < -0.4 is 4.74 Å². The number of carbonyl (C=O) groups is 1. The highest BCUT2D eigenvalue weighted by molar-refractivity contribution is 5.94. The summed E-state index contributed by atoms with van der Waals surface area (Å²) in [5.74, 6) is 0.521. The van der Waals surface area contributed by atoms with Crippen molar-refractivity contribution < 1.29 is 13.9 Å². The van der Waals surface area contributed by atoms with Gasteiger partial charge in [0.15, 0.2) is 0 Å². The van der Waals surface area contributed by atoms with Gasteiger partial charge in [-0.15, -0.1) is 0 Å². The number of carbonyl (C=O) groups excluding carboxylic acids is 1. The average molecular weight is 313 g/mol. The first-order valence-corrected chi connectivity index (χ1v) is 7.92. The van der Waals surface area contributed by atoms with Crippen molar-refractivity contribution in [2.75, 3.05) is 6.54 Å². The van der Waals surface area contributed by atoms with Crippen LogP contribution in [0, 0.1) is 5.82 Å². The predicted molar refractivity (Wildman–Crippen MR) is 86.9 cm³/mol. The van der Waals surface area contributed by atoms with Crippen LogP contribution in [0.1, 0.15) is 35.7 Å². The quantitative estimate of drug-likeness (QED) is 0.853. The van der Waals surface area contributed by atoms with Gasteiger partial charge in [-0.1, -0.05) is 12.1 Å². The van der Waals surface area contributed by atoms with Gasteiger partial charge in [0.05, 0.1) is 0 Å². The van der Waals surface area contributed by atoms with Crippen molar-refractivity contribution in [1.82, 2.24) is 4.90 Å². The van der Waals surface area contributed by atoms with Crippen LogP contribution in [0.4, 0.5) is 4.39 Å². The lowest BCUT2D eigenvalue weighted by Gasteiger charge is -2.21. The zero-order chi connectivity index (χ0) is 16.2. The van der Waals surface area contributed by atoms with E-state index in [1.165, 1.54) is 12.1 Å². The smallest absolute Gasteiger partial charge is 0.254 e. The van der Waals surface area contributed by atoms with Crippen LogP contribution in [0.5, 0.6) is 5.75 Å². The molecule has 3 rings (SSSR count). The molecule has 1 aliphatic heterocycles. The monoisotopic (exact) mass is 313 g/mol. The van der Waals surface area contributed by atoms with Crippen LogP contribution in [0.3, 0.4) is 0 Å². The minimum Gasteiger partial charge on any atom is -0.489 e. The molecule has 4 heteroatoms. The SMILES string of the molecule is CC1CCCN1C(=O)c1ccc(OCc2ccc(F)cc2)cc1. The molecule has 1 fully saturated rings. The van der Waals surface area contributed by atoms with E-state index in [0.29, 0.717) is 24.0 Å². The summed E-state index contributed by atoms with van der Waals surface area (Å²) in [6.45, 7) is 3.30. The Balaban J connectivity index is 1.60. The van der Waals surface area contributed by atoms with Gasteiger partial charge in [-0.3, -0.25) is 4.79 Å². The average Bonchev–Trinajstić information content (AvgIpc) is 3.00. The molecule has 0 spiro atoms. The lowest BCUT2D eigenvalue weighted by molar-refractivity contribution is 0.0747. The van der Waals surface area contributed by atoms with E-state index in [9.17, 15) is 9.18 Å². The fourth-order valence-corrected chi connectivity index (χ4v) is 2.84. The van der Waals surface area contributed by atoms with Gasteiger partial charge < -0.3 is 9.64 Å². The second kappa shape index (κ2) is 6.82. The van der Waals surface area contributed by atoms with E-state index in [1.807, 2.05) is 4.90 Å². The van der Waals surface area contributed by atoms with Crippen molar-refractivity contribution in [2.45, 2.75) is 32.4 Å². The van der Waals surface area contributed by atoms with E-state index in [2.05, 4.69) is 6.92 Å². The maximum absolute atomic E-state index is 12.8. The molecule has 1 saturated heterocycles. The molecule has 3 nitrogen and oxygen atoms in total. The Bertz CT molecular complexity index is 667. The molecule has 1 aliphatic rings. The number of hydrogen-bond acceptors (Lipinski definition) is 2. The number of halogens is 1. The van der Waals surface area contributed by atoms with Crippen molar-refractivity contribution in [1.29, 1.82) is 0 Å². The van der Waals surface area contributed by atoms with Crippen molar-refractivity contribution in [3.63, 3.8) is 0 Å². The Labute approximate surface area is 135 Å². The van der Waals surface area contributed by atoms with Gasteiger partial charge in [-0.2, -0.15) is 0 Å². The summed E-state index contributed by atoms with van der Waals surface area (Å²) < 4.78 is 18.5. The summed E-state index contributed by atoms with van der Waals surface area (Å²) in [7, 11) is 0. The third kappa shape index (κ3) is 3.70. The van der Waals surface area contributed by atoms with Gasteiger partial charge in [0.1, 0.15) is 18.2 Å². The third-order valence-electron chi connectivity index (χ3n) is 4.23. The highest BCUT2D eigenvalue weighted by Crippen LogP contribution is 2.21. The molecule has 0 bridgehead atoms. The van der Waals surface area contributed by atoms with E-state index in [4.69, 9.17) is 4.74 Å². The molecule has 2 aromatic rings. The zero-order valence-corrected chi connectivity index (χ0v) is 13.2. The van der Waals surface area contributed by atoms with Crippen LogP contribution in [-0.2, 0) is 6.61 Å². The molecule has 0 aliphatic carbocycles. The normalized spacial score (nSPS) is 17.3. The van der Waals surface area contributed by atoms with Crippen LogP contribution in [0.25, 0.3) is 0 Å². The van der Waals surface area contributed by atoms with Crippen LogP contribution >= 0.6 is 0 Å². The maximum Gasteiger partial charge on any atom is 0.254 e. The molecule has 1 atom stereocenters. The Morgan fingerprint density at radius 1 is 1.17 bits per heavy atom. The molecule has 0 saturated carbocycles. The minimum absolute atomic E-state index is 0.0834. The standard InChI is InChI=1S/C19H20FNO2/c1-14-3-2-12-21(14)19(22)16-6-10-18(11-7-16)23-13-15-4-8-17(20)9-5-15/h4-11,14H,2-3,12-13H2,1H3. The number of benzene rings is 2. The van der Waals surface area contributed by atoms with Gasteiger partial charge in [-0.25, -0.2) is 4.39 Å². The summed E-state index contributed by atoms with van der Waals surface area (Å²) in [5, 5.41) is 0. The number of likely N-dealkylation sites (tertiary alicyclic amines) is 1. The van der Waals surface area contributed by atoms with E-state index < -0.39 is 0 Å². The van der Waals surface area contributed by atoms with Gasteiger partial charge in [0, 0.05) is 18.2 Å². The molecule has 23 heavy (non-hydrogen) atoms. The van der Waals surface area contributed by atoms with E-state index in [-0.39, 0.29) is 11.7 Å². The lowest BCUT2D eigenvalue weighted by Crippen LogP contribution is -2.33. The zero-order valence-electron chi connectivity index (χ0n) is 13.2. The molecule has 2 aromatic carbocycles. The Morgan fingerprint density at radius 3 is 2.48 bits per heavy atom. The molecule has 0 aromatic heterocycles. The first-order valence-electron chi connectivity index (χ1n) is 7.92. The highest BCUT2D eigenvalue weighted by Gasteiger charge is 2.25. The molecule has 120 valence electrons. The molecule has 0 N–H and O–H groups in total. The predicted octanol–water partition coefficient (Wildman–Crippen LogP) is 4.03. The van der Waals surface area contributed by atoms with E-state index in [0.717, 1.165) is 24.9 Å². The first-order chi connectivity index (χ1) is 11.1. The molecule has 1 unspecified atom stereocenters. The third-order valence-corrected chi connectivity index (χ3v) is 4.23. The van der Waals surface area contributed by atoms with Crippen molar-refractivity contribution >= 4 is 5.91 Å². The Morgan fingerprint density at radius 2 is 1.87 bits per heavy atom. The van der Waals surface area contributed by atoms with Crippen LogP contribution in [0.15, 0.2) is 48.5 Å². The van der Waals surface area contributed by atoms with E-state index in [1.54, 1.807) is 36.4 Å². The number of rotatable bonds is 4. The minimum atomic E-state index is -0.257. The summed E-state index contributed by atoms with van der Waals surface area (Å²) >= 11 is 0. The summed E-state index contributed by atoms with van der Waals surface area (Å²) in [6.07, 6.45) is 2.15. The molecule has 1 amide bonds. The molecule has 1 heterocycles. The summed E-state index contributed by atoms with van der Waals surface area (Å²) in [6, 6.07) is 13.7. The molecular weight excluding hydrogens is 293 g/mol. The molecule has 0 radical (unpaired) electrons. The van der Waals surface area contributed by atoms with Gasteiger partial charge >= 0.3 is 0 Å². The lowest BCUT2D eigenvalue weighted by atomic mass is 10.1. The van der Waals surface area contributed by atoms with Crippen molar-refractivity contribution in [2.24, 2.45) is 0 Å². The number of hydrogen-bond donors (Lipinski definition) is 0. The fraction of sp³-hybridized carbons (Fsp3) is 0.316. The van der Waals surface area contributed by atoms with Crippen molar-refractivity contribution in [3.05, 3.63) is 65.5 Å². The first kappa shape index (κ1) is 15.5. The number of amides is 1. The largest absolute Gasteiger partial charge is 0.489 e. The van der Waals surface area contributed by atoms with Gasteiger partial charge in [0.2, 0.25) is 0 Å². The van der Waals surface area contributed by atoms with Gasteiger partial charge in [0.25, 0.3) is 5.91 Å². The fourth-order valence-electron chi connectivity index (χ4n) is 2.84. The Kier molecular flexibility index (Phi) is 4.60. The second-order valence-corrected chi connectivity index (χ2v) is 5.93. The molecular formula is C19H20FNO2. The summed E-state index contributed by atoms with van der Waals surface area (Å²) in [4.78, 5) is 14.4. The van der Waals surface area contributed by atoms with Crippen molar-refractivity contribution in [3.8, 4) is 5.75 Å². The number of nitrogens with zero attached hydrogens (tertiary/aromatic N) is 1.